The van der Waals surface area contributed by atoms with Crippen LogP contribution in [0.4, 0.5) is 5.13 Å². The van der Waals surface area contributed by atoms with E-state index in [9.17, 15) is 10.1 Å². The minimum Gasteiger partial charge on any atom is -0.317 e. The molecule has 3 aromatic rings. The Kier molecular flexibility index (Phi) is 6.57. The van der Waals surface area contributed by atoms with Crippen molar-refractivity contribution >= 4 is 28.5 Å². The average molecular weight is 406 g/mol. The van der Waals surface area contributed by atoms with Gasteiger partial charge in [-0.2, -0.15) is 5.26 Å². The number of nitriles is 1. The van der Waals surface area contributed by atoms with Crippen LogP contribution in [-0.4, -0.2) is 20.7 Å². The van der Waals surface area contributed by atoms with E-state index in [1.807, 2.05) is 42.8 Å². The molecule has 0 bridgehead atoms. The molecule has 1 aromatic carbocycles. The van der Waals surface area contributed by atoms with E-state index < -0.39 is 5.91 Å². The van der Waals surface area contributed by atoms with Gasteiger partial charge in [0, 0.05) is 24.0 Å². The third-order valence-electron chi connectivity index (χ3n) is 4.49. The maximum atomic E-state index is 12.6. The van der Waals surface area contributed by atoms with Crippen LogP contribution in [0.25, 0.3) is 11.8 Å². The van der Waals surface area contributed by atoms with Gasteiger partial charge in [0.15, 0.2) is 0 Å². The maximum Gasteiger partial charge on any atom is 0.268 e. The number of aromatic nitrogens is 3. The first-order chi connectivity index (χ1) is 14.0. The fourth-order valence-electron chi connectivity index (χ4n) is 2.90. The zero-order valence-corrected chi connectivity index (χ0v) is 17.6. The normalized spacial score (nSPS) is 11.3. The third-order valence-corrected chi connectivity index (χ3v) is 5.39. The monoisotopic (exact) mass is 405 g/mol. The number of hydrogen-bond donors (Lipinski definition) is 1. The van der Waals surface area contributed by atoms with Gasteiger partial charge >= 0.3 is 0 Å². The molecule has 2 aromatic heterocycles. The van der Waals surface area contributed by atoms with Crippen molar-refractivity contribution in [3.63, 3.8) is 0 Å². The number of nitrogens with one attached hydrogen (secondary N) is 1. The molecule has 3 rings (SSSR count). The smallest absolute Gasteiger partial charge is 0.268 e. The van der Waals surface area contributed by atoms with E-state index in [2.05, 4.69) is 40.6 Å². The molecule has 0 saturated carbocycles. The van der Waals surface area contributed by atoms with E-state index in [-0.39, 0.29) is 5.57 Å². The van der Waals surface area contributed by atoms with Gasteiger partial charge in [0.05, 0.1) is 0 Å². The van der Waals surface area contributed by atoms with Crippen LogP contribution in [0, 0.1) is 25.2 Å². The van der Waals surface area contributed by atoms with Crippen molar-refractivity contribution in [1.29, 1.82) is 5.26 Å². The summed E-state index contributed by atoms with van der Waals surface area (Å²) in [6.07, 6.45) is 6.46. The van der Waals surface area contributed by atoms with Crippen molar-refractivity contribution in [1.82, 2.24) is 14.8 Å². The Balaban J connectivity index is 1.83. The fourth-order valence-corrected chi connectivity index (χ4v) is 3.68. The number of unbranched alkanes of at least 4 members (excludes halogenated alkanes) is 1. The standard InChI is InChI=1S/C22H23N5OS/c1-4-5-8-20-25-26-22(29-20)24-21(28)17(14-23)13-18-7-6-11-27(18)19-12-15(2)9-10-16(19)3/h6-7,9-13H,4-5,8H2,1-3H3,(H,24,26,28)/b17-13-. The molecule has 0 atom stereocenters. The minimum atomic E-state index is -0.487. The third kappa shape index (κ3) is 4.98. The molecule has 0 aliphatic heterocycles. The number of anilines is 1. The lowest BCUT2D eigenvalue weighted by molar-refractivity contribution is -0.112. The topological polar surface area (TPSA) is 83.6 Å². The van der Waals surface area contributed by atoms with Crippen LogP contribution in [0.3, 0.4) is 0 Å². The number of hydrogen-bond acceptors (Lipinski definition) is 5. The first kappa shape index (κ1) is 20.5. The quantitative estimate of drug-likeness (QED) is 0.450. The first-order valence-electron chi connectivity index (χ1n) is 9.52. The van der Waals surface area contributed by atoms with Gasteiger partial charge in [0.25, 0.3) is 5.91 Å². The van der Waals surface area contributed by atoms with Crippen molar-refractivity contribution in [2.24, 2.45) is 0 Å². The summed E-state index contributed by atoms with van der Waals surface area (Å²) in [6.45, 7) is 6.18. The molecule has 2 heterocycles. The summed E-state index contributed by atoms with van der Waals surface area (Å²) in [5.74, 6) is -0.487. The Morgan fingerprint density at radius 1 is 1.31 bits per heavy atom. The summed E-state index contributed by atoms with van der Waals surface area (Å²) < 4.78 is 1.97. The van der Waals surface area contributed by atoms with E-state index in [0.717, 1.165) is 46.8 Å². The average Bonchev–Trinajstić information content (AvgIpc) is 3.35. The van der Waals surface area contributed by atoms with Crippen molar-refractivity contribution in [3.05, 3.63) is 63.9 Å². The highest BCUT2D eigenvalue weighted by Gasteiger charge is 2.14. The zero-order valence-electron chi connectivity index (χ0n) is 16.8. The molecule has 6 nitrogen and oxygen atoms in total. The van der Waals surface area contributed by atoms with Crippen molar-refractivity contribution in [2.75, 3.05) is 5.32 Å². The lowest BCUT2D eigenvalue weighted by Gasteiger charge is -2.11. The van der Waals surface area contributed by atoms with Crippen LogP contribution in [-0.2, 0) is 11.2 Å². The number of carbonyl (C=O) groups excluding carboxylic acids is 1. The summed E-state index contributed by atoms with van der Waals surface area (Å²) in [6, 6.07) is 12.0. The van der Waals surface area contributed by atoms with E-state index in [1.54, 1.807) is 6.08 Å². The Morgan fingerprint density at radius 2 is 2.14 bits per heavy atom. The highest BCUT2D eigenvalue weighted by atomic mass is 32.1. The Morgan fingerprint density at radius 3 is 2.90 bits per heavy atom. The number of carbonyl (C=O) groups is 1. The molecule has 0 unspecified atom stereocenters. The number of rotatable bonds is 7. The molecule has 1 amide bonds. The van der Waals surface area contributed by atoms with E-state index in [1.165, 1.54) is 11.3 Å². The molecular weight excluding hydrogens is 382 g/mol. The number of benzene rings is 1. The number of amides is 1. The Labute approximate surface area is 174 Å². The summed E-state index contributed by atoms with van der Waals surface area (Å²) in [5, 5.41) is 21.6. The molecular formula is C22H23N5OS. The fraction of sp³-hybridized carbons (Fsp3) is 0.273. The van der Waals surface area contributed by atoms with E-state index >= 15 is 0 Å². The molecule has 7 heteroatoms. The van der Waals surface area contributed by atoms with E-state index in [0.29, 0.717) is 5.13 Å². The predicted octanol–water partition coefficient (Wildman–Crippen LogP) is 4.83. The highest BCUT2D eigenvalue weighted by Crippen LogP contribution is 2.22. The van der Waals surface area contributed by atoms with Crippen LogP contribution in [0.15, 0.2) is 42.1 Å². The van der Waals surface area contributed by atoms with Crippen molar-refractivity contribution in [3.8, 4) is 11.8 Å². The van der Waals surface area contributed by atoms with Crippen molar-refractivity contribution < 1.29 is 4.79 Å². The van der Waals surface area contributed by atoms with Crippen LogP contribution in [0.2, 0.25) is 0 Å². The van der Waals surface area contributed by atoms with Gasteiger partial charge in [-0.1, -0.05) is 36.8 Å². The van der Waals surface area contributed by atoms with Gasteiger partial charge in [0.2, 0.25) is 5.13 Å². The summed E-state index contributed by atoms with van der Waals surface area (Å²) >= 11 is 1.34. The molecule has 1 N–H and O–H groups in total. The second-order valence-corrected chi connectivity index (χ2v) is 7.88. The SMILES string of the molecule is CCCCc1nnc(NC(=O)/C(C#N)=C\c2cccn2-c2cc(C)ccc2C)s1. The van der Waals surface area contributed by atoms with Crippen molar-refractivity contribution in [2.45, 2.75) is 40.0 Å². The molecule has 0 fully saturated rings. The molecule has 0 aliphatic rings. The van der Waals surface area contributed by atoms with Gasteiger partial charge in [-0.3, -0.25) is 10.1 Å². The summed E-state index contributed by atoms with van der Waals surface area (Å²) in [5.41, 5.74) is 4.04. The number of aryl methyl sites for hydroxylation is 3. The molecule has 148 valence electrons. The highest BCUT2D eigenvalue weighted by molar-refractivity contribution is 7.15. The Bertz CT molecular complexity index is 1090. The zero-order chi connectivity index (χ0) is 20.8. The van der Waals surface area contributed by atoms with Gasteiger partial charge in [-0.05, 0) is 55.7 Å². The Hall–Kier alpha value is -3.24. The molecule has 29 heavy (non-hydrogen) atoms. The van der Waals surface area contributed by atoms with Crippen LogP contribution in [0.1, 0.15) is 41.6 Å². The van der Waals surface area contributed by atoms with Gasteiger partial charge in [-0.15, -0.1) is 10.2 Å². The largest absolute Gasteiger partial charge is 0.317 e. The van der Waals surface area contributed by atoms with E-state index in [4.69, 9.17) is 0 Å². The first-order valence-corrected chi connectivity index (χ1v) is 10.3. The molecule has 0 radical (unpaired) electrons. The second-order valence-electron chi connectivity index (χ2n) is 6.82. The van der Waals surface area contributed by atoms with Gasteiger partial charge < -0.3 is 4.57 Å². The molecule has 0 spiro atoms. The minimum absolute atomic E-state index is 0.0144. The molecule has 0 aliphatic carbocycles. The van der Waals surface area contributed by atoms with Crippen LogP contribution < -0.4 is 5.32 Å². The van der Waals surface area contributed by atoms with Crippen LogP contribution >= 0.6 is 11.3 Å². The van der Waals surface area contributed by atoms with Gasteiger partial charge in [-0.25, -0.2) is 0 Å². The molecule has 0 saturated heterocycles. The maximum absolute atomic E-state index is 12.6. The lowest BCUT2D eigenvalue weighted by Crippen LogP contribution is -2.13. The second kappa shape index (κ2) is 9.30. The number of nitrogens with zero attached hydrogens (tertiary/aromatic N) is 4. The summed E-state index contributed by atoms with van der Waals surface area (Å²) in [7, 11) is 0. The lowest BCUT2D eigenvalue weighted by atomic mass is 10.1. The predicted molar refractivity (Wildman–Crippen MR) is 116 cm³/mol. The van der Waals surface area contributed by atoms with Crippen LogP contribution in [0.5, 0.6) is 0 Å². The summed E-state index contributed by atoms with van der Waals surface area (Å²) in [4.78, 5) is 12.6. The van der Waals surface area contributed by atoms with Gasteiger partial charge in [0.1, 0.15) is 16.6 Å².